The van der Waals surface area contributed by atoms with E-state index in [4.69, 9.17) is 9.84 Å². The van der Waals surface area contributed by atoms with Crippen molar-refractivity contribution < 1.29 is 37.8 Å². The number of carbonyl (C=O) groups is 3. The summed E-state index contributed by atoms with van der Waals surface area (Å²) in [6, 6.07) is 13.6. The van der Waals surface area contributed by atoms with Crippen molar-refractivity contribution in [1.29, 1.82) is 0 Å². The molecular weight excluding hydrogens is 450 g/mol. The number of nitrogens with one attached hydrogen (secondary N) is 1. The van der Waals surface area contributed by atoms with Gasteiger partial charge in [-0.2, -0.15) is 8.78 Å². The third kappa shape index (κ3) is 4.72. The van der Waals surface area contributed by atoms with E-state index in [0.29, 0.717) is 12.8 Å². The maximum atomic E-state index is 15.0. The fourth-order valence-corrected chi connectivity index (χ4v) is 4.25. The lowest BCUT2D eigenvalue weighted by molar-refractivity contribution is -0.209. The minimum atomic E-state index is -4.01. The van der Waals surface area contributed by atoms with E-state index in [0.717, 1.165) is 29.3 Å². The molecule has 180 valence electrons. The van der Waals surface area contributed by atoms with Gasteiger partial charge in [-0.25, -0.2) is 14.7 Å². The minimum Gasteiger partial charge on any atom is -0.479 e. The molecule has 2 aliphatic carbocycles. The molecule has 0 aromatic heterocycles. The van der Waals surface area contributed by atoms with Gasteiger partial charge in [0.15, 0.2) is 6.61 Å². The molecule has 0 radical (unpaired) electrons. The highest BCUT2D eigenvalue weighted by molar-refractivity contribution is 5.84. The average Bonchev–Trinajstić information content (AvgIpc) is 3.61. The van der Waals surface area contributed by atoms with Crippen LogP contribution in [0, 0.1) is 5.92 Å². The number of alkyl halides is 2. The number of carbonyl (C=O) groups excluding carboxylic acids is 2. The molecule has 1 saturated carbocycles. The van der Waals surface area contributed by atoms with Crippen LogP contribution in [0.25, 0.3) is 11.1 Å². The molecule has 2 aromatic rings. The monoisotopic (exact) mass is 474 g/mol. The third-order valence-electron chi connectivity index (χ3n) is 6.05. The van der Waals surface area contributed by atoms with Crippen LogP contribution < -0.4 is 5.32 Å². The van der Waals surface area contributed by atoms with Crippen LogP contribution in [0.1, 0.15) is 29.9 Å². The standard InChI is InChI=1S/C24H24F2N2O6/c1-28(34-13-20(29)30)22(31)24(25,26)21(14-10-11-14)27-23(32)33-12-19-17-8-4-2-6-15(17)16-7-3-5-9-18(16)19/h2-9,14,19,21H,10-13H2,1H3,(H,27,32)(H,29,30). The van der Waals surface area contributed by atoms with E-state index in [-0.39, 0.29) is 17.6 Å². The fraction of sp³-hybridized carbons (Fsp3) is 0.375. The molecule has 8 nitrogen and oxygen atoms in total. The quantitative estimate of drug-likeness (QED) is 0.540. The molecule has 2 aromatic carbocycles. The summed E-state index contributed by atoms with van der Waals surface area (Å²) in [5.41, 5.74) is 4.02. The third-order valence-corrected chi connectivity index (χ3v) is 6.05. The van der Waals surface area contributed by atoms with E-state index >= 15 is 0 Å². The van der Waals surface area contributed by atoms with Gasteiger partial charge in [-0.05, 0) is 41.0 Å². The number of hydrogen-bond acceptors (Lipinski definition) is 5. The van der Waals surface area contributed by atoms with Crippen molar-refractivity contribution in [1.82, 2.24) is 10.4 Å². The maximum absolute atomic E-state index is 15.0. The first-order chi connectivity index (χ1) is 16.2. The summed E-state index contributed by atoms with van der Waals surface area (Å²) in [7, 11) is 0.899. The molecule has 1 atom stereocenters. The normalized spacial score (nSPS) is 15.7. The van der Waals surface area contributed by atoms with Gasteiger partial charge in [-0.15, -0.1) is 0 Å². The molecule has 10 heteroatoms. The number of nitrogens with zero attached hydrogens (tertiary/aromatic N) is 1. The molecular formula is C24H24F2N2O6. The molecule has 0 spiro atoms. The van der Waals surface area contributed by atoms with Gasteiger partial charge in [0, 0.05) is 13.0 Å². The maximum Gasteiger partial charge on any atom is 0.407 e. The number of aliphatic carboxylic acids is 1. The smallest absolute Gasteiger partial charge is 0.407 e. The van der Waals surface area contributed by atoms with Crippen LogP contribution in [0.3, 0.4) is 0 Å². The van der Waals surface area contributed by atoms with Crippen molar-refractivity contribution in [3.63, 3.8) is 0 Å². The van der Waals surface area contributed by atoms with Crippen LogP contribution in [-0.2, 0) is 19.2 Å². The molecule has 34 heavy (non-hydrogen) atoms. The zero-order valence-corrected chi connectivity index (χ0v) is 18.4. The van der Waals surface area contributed by atoms with Crippen molar-refractivity contribution in [2.45, 2.75) is 30.7 Å². The molecule has 2 aliphatic rings. The molecule has 0 aliphatic heterocycles. The molecule has 2 amide bonds. The van der Waals surface area contributed by atoms with Gasteiger partial charge in [0.2, 0.25) is 0 Å². The Labute approximate surface area is 194 Å². The Kier molecular flexibility index (Phi) is 6.52. The predicted octanol–water partition coefficient (Wildman–Crippen LogP) is 3.41. The summed E-state index contributed by atoms with van der Waals surface area (Å²) in [5, 5.41) is 11.0. The Balaban J connectivity index is 1.42. The summed E-state index contributed by atoms with van der Waals surface area (Å²) in [6.45, 7) is -1.01. The summed E-state index contributed by atoms with van der Waals surface area (Å²) < 4.78 is 35.3. The first-order valence-electron chi connectivity index (χ1n) is 10.8. The number of fused-ring (bicyclic) bond motifs is 3. The Morgan fingerprint density at radius 2 is 1.65 bits per heavy atom. The number of benzene rings is 2. The van der Waals surface area contributed by atoms with Gasteiger partial charge in [-0.1, -0.05) is 48.5 Å². The van der Waals surface area contributed by atoms with E-state index in [2.05, 4.69) is 10.2 Å². The predicted molar refractivity (Wildman–Crippen MR) is 116 cm³/mol. The molecule has 1 unspecified atom stereocenters. The first-order valence-corrected chi connectivity index (χ1v) is 10.8. The van der Waals surface area contributed by atoms with Gasteiger partial charge in [0.25, 0.3) is 0 Å². The number of ether oxygens (including phenoxy) is 1. The second-order valence-electron chi connectivity index (χ2n) is 8.38. The highest BCUT2D eigenvalue weighted by Crippen LogP contribution is 2.44. The summed E-state index contributed by atoms with van der Waals surface area (Å²) in [5.74, 6) is -8.02. The SMILES string of the molecule is CN(OCC(=O)O)C(=O)C(F)(F)C(NC(=O)OCC1c2ccccc2-c2ccccc21)C1CC1. The molecule has 4 rings (SSSR count). The first kappa shape index (κ1) is 23.6. The minimum absolute atomic E-state index is 0.0572. The molecule has 0 bridgehead atoms. The van der Waals surface area contributed by atoms with Gasteiger partial charge in [-0.3, -0.25) is 9.63 Å². The molecule has 2 N–H and O–H groups in total. The van der Waals surface area contributed by atoms with E-state index < -0.39 is 42.5 Å². The number of hydroxylamine groups is 2. The molecule has 1 fully saturated rings. The second-order valence-corrected chi connectivity index (χ2v) is 8.38. The molecule has 0 heterocycles. The Morgan fingerprint density at radius 1 is 1.09 bits per heavy atom. The van der Waals surface area contributed by atoms with Crippen LogP contribution in [0.4, 0.5) is 13.6 Å². The van der Waals surface area contributed by atoms with E-state index in [1.165, 1.54) is 0 Å². The van der Waals surface area contributed by atoms with Gasteiger partial charge in [0.1, 0.15) is 12.6 Å². The van der Waals surface area contributed by atoms with Crippen LogP contribution in [-0.4, -0.2) is 60.4 Å². The van der Waals surface area contributed by atoms with Crippen LogP contribution >= 0.6 is 0 Å². The van der Waals surface area contributed by atoms with Crippen molar-refractivity contribution in [2.75, 3.05) is 20.3 Å². The molecule has 0 saturated heterocycles. The van der Waals surface area contributed by atoms with Crippen LogP contribution in [0.2, 0.25) is 0 Å². The van der Waals surface area contributed by atoms with Gasteiger partial charge >= 0.3 is 23.9 Å². The van der Waals surface area contributed by atoms with Gasteiger partial charge in [0.05, 0.1) is 0 Å². The fourth-order valence-electron chi connectivity index (χ4n) is 4.25. The zero-order chi connectivity index (χ0) is 24.5. The van der Waals surface area contributed by atoms with Crippen molar-refractivity contribution >= 4 is 18.0 Å². The summed E-state index contributed by atoms with van der Waals surface area (Å²) >= 11 is 0. The zero-order valence-electron chi connectivity index (χ0n) is 18.4. The largest absolute Gasteiger partial charge is 0.479 e. The topological polar surface area (TPSA) is 105 Å². The average molecular weight is 474 g/mol. The van der Waals surface area contributed by atoms with E-state index in [1.807, 2.05) is 48.5 Å². The highest BCUT2D eigenvalue weighted by Gasteiger charge is 2.56. The summed E-state index contributed by atoms with van der Waals surface area (Å²) in [6.07, 6.45) is -0.228. The second kappa shape index (κ2) is 9.38. The Bertz CT molecular complexity index is 1060. The number of carboxylic acid groups (broad SMARTS) is 1. The number of hydrogen-bond donors (Lipinski definition) is 2. The van der Waals surface area contributed by atoms with Crippen LogP contribution in [0.5, 0.6) is 0 Å². The lowest BCUT2D eigenvalue weighted by atomic mass is 9.98. The number of rotatable bonds is 9. The van der Waals surface area contributed by atoms with Crippen molar-refractivity contribution in [3.05, 3.63) is 59.7 Å². The van der Waals surface area contributed by atoms with Gasteiger partial charge < -0.3 is 15.2 Å². The number of carboxylic acids is 1. The lowest BCUT2D eigenvalue weighted by Gasteiger charge is -2.29. The summed E-state index contributed by atoms with van der Waals surface area (Å²) in [4.78, 5) is 39.9. The Hall–Kier alpha value is -3.53. The lowest BCUT2D eigenvalue weighted by Crippen LogP contribution is -2.57. The van der Waals surface area contributed by atoms with E-state index in [1.54, 1.807) is 0 Å². The Morgan fingerprint density at radius 3 is 2.18 bits per heavy atom. The van der Waals surface area contributed by atoms with E-state index in [9.17, 15) is 23.2 Å². The number of alkyl carbamates (subject to hydrolysis) is 1. The number of amides is 2. The highest BCUT2D eigenvalue weighted by atomic mass is 19.3. The van der Waals surface area contributed by atoms with Crippen molar-refractivity contribution in [3.8, 4) is 11.1 Å². The van der Waals surface area contributed by atoms with Crippen molar-refractivity contribution in [2.24, 2.45) is 5.92 Å². The van der Waals surface area contributed by atoms with Crippen LogP contribution in [0.15, 0.2) is 48.5 Å². The number of halogens is 2.